The van der Waals surface area contributed by atoms with Gasteiger partial charge in [0.25, 0.3) is 0 Å². The molecule has 0 radical (unpaired) electrons. The van der Waals surface area contributed by atoms with Crippen molar-refractivity contribution in [2.24, 2.45) is 0 Å². The quantitative estimate of drug-likeness (QED) is 0.746. The number of hydrogen-bond acceptors (Lipinski definition) is 3. The van der Waals surface area contributed by atoms with Crippen molar-refractivity contribution in [3.05, 3.63) is 52.3 Å². The van der Waals surface area contributed by atoms with Gasteiger partial charge >= 0.3 is 0 Å². The van der Waals surface area contributed by atoms with Gasteiger partial charge in [-0.3, -0.25) is 0 Å². The summed E-state index contributed by atoms with van der Waals surface area (Å²) in [4.78, 5) is 7.79. The smallest absolute Gasteiger partial charge is 0.136 e. The van der Waals surface area contributed by atoms with E-state index in [1.54, 1.807) is 14.2 Å². The van der Waals surface area contributed by atoms with E-state index in [9.17, 15) is 0 Å². The predicted molar refractivity (Wildman–Crippen MR) is 92.3 cm³/mol. The molecular formula is C17H15BrN2O2. The largest absolute Gasteiger partial charge is 0.496 e. The van der Waals surface area contributed by atoms with Gasteiger partial charge in [-0.2, -0.15) is 0 Å². The Morgan fingerprint density at radius 3 is 2.55 bits per heavy atom. The number of aromatic nitrogens is 2. The average molecular weight is 359 g/mol. The Balaban J connectivity index is 1.96. The number of H-pyrrole nitrogens is 1. The lowest BCUT2D eigenvalue weighted by molar-refractivity contribution is 0.392. The summed E-state index contributed by atoms with van der Waals surface area (Å²) in [6.07, 6.45) is 3.89. The molecular weight excluding hydrogens is 344 g/mol. The van der Waals surface area contributed by atoms with Crippen molar-refractivity contribution >= 4 is 39.1 Å². The summed E-state index contributed by atoms with van der Waals surface area (Å²) in [6.45, 7) is 0. The maximum absolute atomic E-state index is 5.41. The first-order valence-electron chi connectivity index (χ1n) is 6.75. The summed E-state index contributed by atoms with van der Waals surface area (Å²) >= 11 is 3.49. The van der Waals surface area contributed by atoms with Gasteiger partial charge in [-0.05, 0) is 46.3 Å². The number of rotatable bonds is 4. The van der Waals surface area contributed by atoms with Gasteiger partial charge in [0.15, 0.2) is 0 Å². The number of para-hydroxylation sites is 2. The fourth-order valence-corrected chi connectivity index (χ4v) is 2.76. The molecule has 0 spiro atoms. The highest BCUT2D eigenvalue weighted by Gasteiger charge is 2.07. The second-order valence-electron chi connectivity index (χ2n) is 4.70. The lowest BCUT2D eigenvalue weighted by Crippen LogP contribution is -1.91. The lowest BCUT2D eigenvalue weighted by atomic mass is 10.1. The van der Waals surface area contributed by atoms with Gasteiger partial charge in [-0.25, -0.2) is 4.98 Å². The number of halogens is 1. The highest BCUT2D eigenvalue weighted by Crippen LogP contribution is 2.33. The molecule has 4 nitrogen and oxygen atoms in total. The van der Waals surface area contributed by atoms with Crippen LogP contribution in [0.2, 0.25) is 0 Å². The van der Waals surface area contributed by atoms with Crippen LogP contribution in [0.25, 0.3) is 23.2 Å². The number of ether oxygens (including phenoxy) is 2. The molecule has 1 aromatic heterocycles. The zero-order valence-corrected chi connectivity index (χ0v) is 13.8. The summed E-state index contributed by atoms with van der Waals surface area (Å²) in [7, 11) is 3.27. The van der Waals surface area contributed by atoms with Crippen molar-refractivity contribution in [2.45, 2.75) is 0 Å². The van der Waals surface area contributed by atoms with Crippen molar-refractivity contribution in [1.82, 2.24) is 9.97 Å². The fourth-order valence-electron chi connectivity index (χ4n) is 2.23. The Morgan fingerprint density at radius 1 is 1.05 bits per heavy atom. The molecule has 112 valence electrons. The van der Waals surface area contributed by atoms with E-state index in [0.29, 0.717) is 0 Å². The van der Waals surface area contributed by atoms with Crippen LogP contribution in [0.5, 0.6) is 11.5 Å². The topological polar surface area (TPSA) is 47.1 Å². The Labute approximate surface area is 136 Å². The summed E-state index contributed by atoms with van der Waals surface area (Å²) in [6, 6.07) is 11.7. The monoisotopic (exact) mass is 358 g/mol. The van der Waals surface area contributed by atoms with Crippen LogP contribution >= 0.6 is 15.9 Å². The van der Waals surface area contributed by atoms with Crippen molar-refractivity contribution < 1.29 is 9.47 Å². The zero-order valence-electron chi connectivity index (χ0n) is 12.3. The van der Waals surface area contributed by atoms with Crippen molar-refractivity contribution in [2.75, 3.05) is 14.2 Å². The molecule has 0 amide bonds. The van der Waals surface area contributed by atoms with E-state index >= 15 is 0 Å². The molecule has 2 aromatic carbocycles. The van der Waals surface area contributed by atoms with Crippen LogP contribution in [0.3, 0.4) is 0 Å². The van der Waals surface area contributed by atoms with Crippen LogP contribution < -0.4 is 9.47 Å². The maximum atomic E-state index is 5.41. The molecule has 0 aliphatic rings. The molecule has 3 aromatic rings. The number of benzene rings is 2. The molecule has 1 heterocycles. The predicted octanol–water partition coefficient (Wildman–Crippen LogP) is 4.51. The highest BCUT2D eigenvalue weighted by atomic mass is 79.9. The molecule has 1 N–H and O–H groups in total. The molecule has 0 atom stereocenters. The number of aromatic amines is 1. The van der Waals surface area contributed by atoms with Crippen molar-refractivity contribution in [3.8, 4) is 11.5 Å². The molecule has 0 unspecified atom stereocenters. The first-order chi connectivity index (χ1) is 10.7. The molecule has 3 rings (SSSR count). The molecule has 0 fully saturated rings. The number of nitrogens with zero attached hydrogens (tertiary/aromatic N) is 1. The number of fused-ring (bicyclic) bond motifs is 1. The van der Waals surface area contributed by atoms with E-state index in [0.717, 1.165) is 38.4 Å². The van der Waals surface area contributed by atoms with Gasteiger partial charge in [-0.15, -0.1) is 0 Å². The van der Waals surface area contributed by atoms with E-state index in [4.69, 9.17) is 9.47 Å². The minimum absolute atomic E-state index is 0.734. The zero-order chi connectivity index (χ0) is 15.5. The first-order valence-corrected chi connectivity index (χ1v) is 7.55. The Morgan fingerprint density at radius 2 is 1.82 bits per heavy atom. The van der Waals surface area contributed by atoms with Gasteiger partial charge in [0.2, 0.25) is 0 Å². The summed E-state index contributed by atoms with van der Waals surface area (Å²) in [5.41, 5.74) is 2.91. The lowest BCUT2D eigenvalue weighted by Gasteiger charge is -2.09. The number of nitrogens with one attached hydrogen (secondary N) is 1. The van der Waals surface area contributed by atoms with E-state index < -0.39 is 0 Å². The SMILES string of the molecule is COc1cc(OC)c(/C=C/c2nc3ccccc3[nH]2)cc1Br. The maximum Gasteiger partial charge on any atom is 0.136 e. The third-order valence-electron chi connectivity index (χ3n) is 3.33. The molecule has 0 bridgehead atoms. The van der Waals surface area contributed by atoms with Crippen LogP contribution in [-0.2, 0) is 0 Å². The van der Waals surface area contributed by atoms with Gasteiger partial charge < -0.3 is 14.5 Å². The number of methoxy groups -OCH3 is 2. The standard InChI is InChI=1S/C17H15BrN2O2/c1-21-15-10-16(22-2)12(18)9-11(15)7-8-17-19-13-5-3-4-6-14(13)20-17/h3-10H,1-2H3,(H,19,20)/b8-7+. The number of hydrogen-bond donors (Lipinski definition) is 1. The molecule has 0 saturated heterocycles. The van der Waals surface area contributed by atoms with Gasteiger partial charge in [-0.1, -0.05) is 12.1 Å². The third-order valence-corrected chi connectivity index (χ3v) is 3.95. The normalized spacial score (nSPS) is 11.2. The summed E-state index contributed by atoms with van der Waals surface area (Å²) < 4.78 is 11.6. The van der Waals surface area contributed by atoms with E-state index in [1.165, 1.54) is 0 Å². The Kier molecular flexibility index (Phi) is 4.15. The molecule has 0 aliphatic heterocycles. The molecule has 22 heavy (non-hydrogen) atoms. The molecule has 0 saturated carbocycles. The van der Waals surface area contributed by atoms with Crippen LogP contribution in [-0.4, -0.2) is 24.2 Å². The summed E-state index contributed by atoms with van der Waals surface area (Å²) in [5, 5.41) is 0. The van der Waals surface area contributed by atoms with Crippen molar-refractivity contribution in [3.63, 3.8) is 0 Å². The highest BCUT2D eigenvalue weighted by molar-refractivity contribution is 9.10. The van der Waals surface area contributed by atoms with E-state index in [2.05, 4.69) is 25.9 Å². The fraction of sp³-hybridized carbons (Fsp3) is 0.118. The van der Waals surface area contributed by atoms with E-state index in [1.807, 2.05) is 48.6 Å². The molecule has 0 aliphatic carbocycles. The van der Waals surface area contributed by atoms with Gasteiger partial charge in [0.05, 0.1) is 29.7 Å². The van der Waals surface area contributed by atoms with Gasteiger partial charge in [0, 0.05) is 11.6 Å². The van der Waals surface area contributed by atoms with Crippen molar-refractivity contribution in [1.29, 1.82) is 0 Å². The second kappa shape index (κ2) is 6.23. The second-order valence-corrected chi connectivity index (χ2v) is 5.56. The van der Waals surface area contributed by atoms with Gasteiger partial charge in [0.1, 0.15) is 17.3 Å². The van der Waals surface area contributed by atoms with Crippen LogP contribution in [0.15, 0.2) is 40.9 Å². The van der Waals surface area contributed by atoms with E-state index in [-0.39, 0.29) is 0 Å². The Bertz CT molecular complexity index is 807. The number of imidazole rings is 1. The van der Waals surface area contributed by atoms with Crippen LogP contribution in [0.4, 0.5) is 0 Å². The first kappa shape index (κ1) is 14.7. The Hall–Kier alpha value is -2.27. The van der Waals surface area contributed by atoms with Crippen LogP contribution in [0.1, 0.15) is 11.4 Å². The molecule has 5 heteroatoms. The minimum atomic E-state index is 0.734. The summed E-state index contributed by atoms with van der Waals surface area (Å²) in [5.74, 6) is 2.28. The average Bonchev–Trinajstić information content (AvgIpc) is 2.95. The van der Waals surface area contributed by atoms with Crippen LogP contribution in [0, 0.1) is 0 Å². The minimum Gasteiger partial charge on any atom is -0.496 e. The third kappa shape index (κ3) is 2.85.